The standard InChI is InChI=1S/C8H4BrNO3S/c1-10-5-4(11)2-3(9)6(12)7(5)14-8(10)13/h2H,1H3. The van der Waals surface area contributed by atoms with E-state index in [-0.39, 0.29) is 31.5 Å². The molecule has 0 fully saturated rings. The Bertz CT molecular complexity index is 537. The molecule has 0 N–H and O–H groups in total. The van der Waals surface area contributed by atoms with Gasteiger partial charge in [-0.2, -0.15) is 0 Å². The monoisotopic (exact) mass is 273 g/mol. The van der Waals surface area contributed by atoms with Gasteiger partial charge in [-0.25, -0.2) is 0 Å². The summed E-state index contributed by atoms with van der Waals surface area (Å²) in [5.41, 5.74) is 0.188. The zero-order valence-corrected chi connectivity index (χ0v) is 9.44. The number of fused-ring (bicyclic) bond motifs is 1. The van der Waals surface area contributed by atoms with Crippen molar-refractivity contribution in [3.63, 3.8) is 0 Å². The fourth-order valence-corrected chi connectivity index (χ4v) is 2.71. The van der Waals surface area contributed by atoms with Gasteiger partial charge in [-0.1, -0.05) is 11.3 Å². The Labute approximate surface area is 91.0 Å². The van der Waals surface area contributed by atoms with Crippen LogP contribution in [-0.2, 0) is 7.05 Å². The molecule has 6 heteroatoms. The summed E-state index contributed by atoms with van der Waals surface area (Å²) < 4.78 is 1.41. The molecule has 0 radical (unpaired) electrons. The highest BCUT2D eigenvalue weighted by Gasteiger charge is 2.29. The van der Waals surface area contributed by atoms with E-state index in [1.807, 2.05) is 0 Å². The molecule has 0 bridgehead atoms. The van der Waals surface area contributed by atoms with Gasteiger partial charge in [0.25, 0.3) is 0 Å². The average molecular weight is 274 g/mol. The number of allylic oxidation sites excluding steroid dienone is 2. The van der Waals surface area contributed by atoms with E-state index in [0.29, 0.717) is 0 Å². The van der Waals surface area contributed by atoms with Crippen molar-refractivity contribution in [2.75, 3.05) is 0 Å². The summed E-state index contributed by atoms with van der Waals surface area (Å²) in [6.07, 6.45) is 1.19. The van der Waals surface area contributed by atoms with E-state index in [9.17, 15) is 14.4 Å². The van der Waals surface area contributed by atoms with Crippen LogP contribution in [0.5, 0.6) is 0 Å². The number of rotatable bonds is 0. The largest absolute Gasteiger partial charge is 0.308 e. The minimum absolute atomic E-state index is 0.188. The lowest BCUT2D eigenvalue weighted by Crippen LogP contribution is -2.18. The Kier molecular flexibility index (Phi) is 2.04. The van der Waals surface area contributed by atoms with Crippen molar-refractivity contribution in [3.8, 4) is 0 Å². The summed E-state index contributed by atoms with van der Waals surface area (Å²) in [6, 6.07) is 0. The first-order valence-electron chi connectivity index (χ1n) is 3.68. The Morgan fingerprint density at radius 2 is 2.00 bits per heavy atom. The maximum atomic E-state index is 11.5. The lowest BCUT2D eigenvalue weighted by Gasteiger charge is -2.06. The summed E-state index contributed by atoms with van der Waals surface area (Å²) in [7, 11) is 1.48. The number of carbonyl (C=O) groups is 2. The first-order chi connectivity index (χ1) is 6.52. The van der Waals surface area contributed by atoms with Gasteiger partial charge in [-0.3, -0.25) is 19.0 Å². The van der Waals surface area contributed by atoms with Crippen molar-refractivity contribution in [2.24, 2.45) is 7.05 Å². The van der Waals surface area contributed by atoms with E-state index in [4.69, 9.17) is 0 Å². The van der Waals surface area contributed by atoms with E-state index < -0.39 is 0 Å². The van der Waals surface area contributed by atoms with E-state index in [1.165, 1.54) is 17.7 Å². The Morgan fingerprint density at radius 3 is 2.64 bits per heavy atom. The maximum Gasteiger partial charge on any atom is 0.308 e. The van der Waals surface area contributed by atoms with Crippen LogP contribution >= 0.6 is 27.3 Å². The molecule has 4 nitrogen and oxygen atoms in total. The summed E-state index contributed by atoms with van der Waals surface area (Å²) in [5, 5.41) is 0. The average Bonchev–Trinajstić information content (AvgIpc) is 2.40. The summed E-state index contributed by atoms with van der Waals surface area (Å²) in [4.78, 5) is 34.1. The van der Waals surface area contributed by atoms with E-state index in [0.717, 1.165) is 11.3 Å². The normalized spacial score (nSPS) is 15.4. The third-order valence-electron chi connectivity index (χ3n) is 1.93. The van der Waals surface area contributed by atoms with Gasteiger partial charge < -0.3 is 0 Å². The third kappa shape index (κ3) is 1.14. The van der Waals surface area contributed by atoms with Crippen LogP contribution in [0.2, 0.25) is 0 Å². The molecule has 1 aliphatic carbocycles. The molecule has 0 aromatic carbocycles. The fourth-order valence-electron chi connectivity index (χ4n) is 1.24. The van der Waals surface area contributed by atoms with E-state index in [1.54, 1.807) is 0 Å². The van der Waals surface area contributed by atoms with Gasteiger partial charge in [0.15, 0.2) is 0 Å². The fraction of sp³-hybridized carbons (Fsp3) is 0.125. The second-order valence-corrected chi connectivity index (χ2v) is 4.61. The Balaban J connectivity index is 2.81. The van der Waals surface area contributed by atoms with Crippen molar-refractivity contribution in [1.29, 1.82) is 0 Å². The van der Waals surface area contributed by atoms with Crippen molar-refractivity contribution in [2.45, 2.75) is 0 Å². The van der Waals surface area contributed by atoms with Crippen LogP contribution in [0.3, 0.4) is 0 Å². The molecule has 0 saturated carbocycles. The van der Waals surface area contributed by atoms with Crippen molar-refractivity contribution >= 4 is 38.8 Å². The quantitative estimate of drug-likeness (QED) is 0.712. The van der Waals surface area contributed by atoms with Crippen LogP contribution in [-0.4, -0.2) is 16.1 Å². The number of aromatic nitrogens is 1. The molecular formula is C8H4BrNO3S. The van der Waals surface area contributed by atoms with Crippen molar-refractivity contribution < 1.29 is 9.59 Å². The van der Waals surface area contributed by atoms with Crippen LogP contribution in [0, 0.1) is 0 Å². The zero-order chi connectivity index (χ0) is 10.5. The molecule has 0 saturated heterocycles. The second kappa shape index (κ2) is 2.99. The molecule has 1 heterocycles. The van der Waals surface area contributed by atoms with Gasteiger partial charge in [0.05, 0.1) is 4.48 Å². The molecule has 1 aliphatic rings. The van der Waals surface area contributed by atoms with Crippen LogP contribution in [0.4, 0.5) is 0 Å². The summed E-state index contributed by atoms with van der Waals surface area (Å²) in [6.45, 7) is 0. The predicted octanol–water partition coefficient (Wildman–Crippen LogP) is 1.10. The first-order valence-corrected chi connectivity index (χ1v) is 5.29. The van der Waals surface area contributed by atoms with Gasteiger partial charge in [0, 0.05) is 13.1 Å². The number of hydrogen-bond acceptors (Lipinski definition) is 4. The van der Waals surface area contributed by atoms with Crippen LogP contribution in [0.15, 0.2) is 15.4 Å². The van der Waals surface area contributed by atoms with Gasteiger partial charge in [0.2, 0.25) is 11.6 Å². The maximum absolute atomic E-state index is 11.5. The minimum Gasteiger partial charge on any atom is -0.298 e. The van der Waals surface area contributed by atoms with Gasteiger partial charge in [-0.05, 0) is 15.9 Å². The molecular weight excluding hydrogens is 270 g/mol. The number of nitrogens with zero attached hydrogens (tertiary/aromatic N) is 1. The van der Waals surface area contributed by atoms with Crippen LogP contribution in [0.25, 0.3) is 0 Å². The predicted molar refractivity (Wildman–Crippen MR) is 55.2 cm³/mol. The van der Waals surface area contributed by atoms with Crippen molar-refractivity contribution in [1.82, 2.24) is 4.57 Å². The third-order valence-corrected chi connectivity index (χ3v) is 3.55. The smallest absolute Gasteiger partial charge is 0.298 e. The molecule has 1 aromatic rings. The lowest BCUT2D eigenvalue weighted by molar-refractivity contribution is 0.0989. The molecule has 1 aromatic heterocycles. The van der Waals surface area contributed by atoms with E-state index in [2.05, 4.69) is 15.9 Å². The molecule has 0 unspecified atom stereocenters. The molecule has 0 aliphatic heterocycles. The minimum atomic E-state index is -0.313. The van der Waals surface area contributed by atoms with Crippen molar-refractivity contribution in [3.05, 3.63) is 30.8 Å². The second-order valence-electron chi connectivity index (χ2n) is 2.79. The van der Waals surface area contributed by atoms with Crippen LogP contribution < -0.4 is 4.87 Å². The van der Waals surface area contributed by atoms with Crippen LogP contribution in [0.1, 0.15) is 20.2 Å². The molecule has 0 spiro atoms. The Morgan fingerprint density at radius 1 is 1.36 bits per heavy atom. The van der Waals surface area contributed by atoms with Gasteiger partial charge in [-0.15, -0.1) is 0 Å². The highest BCUT2D eigenvalue weighted by Crippen LogP contribution is 2.25. The zero-order valence-electron chi connectivity index (χ0n) is 7.04. The highest BCUT2D eigenvalue weighted by molar-refractivity contribution is 9.12. The number of hydrogen-bond donors (Lipinski definition) is 0. The molecule has 0 amide bonds. The van der Waals surface area contributed by atoms with Gasteiger partial charge >= 0.3 is 4.87 Å². The number of ketones is 2. The summed E-state index contributed by atoms with van der Waals surface area (Å²) >= 11 is 3.78. The SMILES string of the molecule is Cn1c2c(sc1=O)C(=O)C(Br)=CC2=O. The molecule has 14 heavy (non-hydrogen) atoms. The van der Waals surface area contributed by atoms with Gasteiger partial charge in [0.1, 0.15) is 10.6 Å². The van der Waals surface area contributed by atoms with E-state index >= 15 is 0 Å². The molecule has 2 rings (SSSR count). The highest BCUT2D eigenvalue weighted by atomic mass is 79.9. The number of Topliss-reactive ketones (excluding diaryl/α,β-unsaturated/α-hetero) is 1. The molecule has 72 valence electrons. The Hall–Kier alpha value is -1.01. The topological polar surface area (TPSA) is 56.1 Å². The number of thiazole rings is 1. The molecule has 0 atom stereocenters. The number of halogens is 1. The number of carbonyl (C=O) groups excluding carboxylic acids is 2. The first kappa shape index (κ1) is 9.54. The lowest BCUT2D eigenvalue weighted by atomic mass is 10.1. The summed E-state index contributed by atoms with van der Waals surface area (Å²) in [5.74, 6) is -0.616.